The van der Waals surface area contributed by atoms with Crippen LogP contribution >= 0.6 is 11.6 Å². The molecule has 122 valence electrons. The molecule has 2 heterocycles. The normalized spacial score (nSPS) is 17.7. The third kappa shape index (κ3) is 4.46. The summed E-state index contributed by atoms with van der Waals surface area (Å²) in [5.74, 6) is 0. The zero-order valence-electron chi connectivity index (χ0n) is 12.7. The average Bonchev–Trinajstić information content (AvgIpc) is 2.97. The fourth-order valence-corrected chi connectivity index (χ4v) is 2.72. The van der Waals surface area contributed by atoms with E-state index >= 15 is 0 Å². The molecule has 7 heteroatoms. The third-order valence-corrected chi connectivity index (χ3v) is 4.01. The van der Waals surface area contributed by atoms with Crippen LogP contribution in [0.15, 0.2) is 36.7 Å². The Bertz CT molecular complexity index is 668. The molecule has 1 aliphatic heterocycles. The van der Waals surface area contributed by atoms with Crippen LogP contribution in [0.4, 0.5) is 16.2 Å². The number of nitrogens with zero attached hydrogens (tertiary/aromatic N) is 2. The molecule has 2 amide bonds. The molecule has 0 saturated carbocycles. The van der Waals surface area contributed by atoms with E-state index in [1.807, 2.05) is 12.1 Å². The first-order valence-electron chi connectivity index (χ1n) is 7.67. The van der Waals surface area contributed by atoms with Gasteiger partial charge in [-0.15, -0.1) is 0 Å². The Morgan fingerprint density at radius 1 is 1.35 bits per heavy atom. The summed E-state index contributed by atoms with van der Waals surface area (Å²) in [5.41, 5.74) is 1.19. The Balaban J connectivity index is 1.54. The molecule has 2 N–H and O–H groups in total. The maximum Gasteiger partial charge on any atom is 0.323 e. The number of hydrogen-bond donors (Lipinski definition) is 2. The van der Waals surface area contributed by atoms with E-state index in [0.717, 1.165) is 19.4 Å². The Morgan fingerprint density at radius 3 is 3.00 bits per heavy atom. The summed E-state index contributed by atoms with van der Waals surface area (Å²) in [4.78, 5) is 12.0. The SMILES string of the molecule is O=C(Nc1cnn(C[C@@H]2CCCCO2)c1)Nc1ccccc1Cl. The van der Waals surface area contributed by atoms with Crippen LogP contribution < -0.4 is 10.6 Å². The topological polar surface area (TPSA) is 68.2 Å². The van der Waals surface area contributed by atoms with Gasteiger partial charge in [-0.3, -0.25) is 4.68 Å². The highest BCUT2D eigenvalue weighted by atomic mass is 35.5. The van der Waals surface area contributed by atoms with Gasteiger partial charge in [0.05, 0.1) is 35.2 Å². The van der Waals surface area contributed by atoms with Gasteiger partial charge >= 0.3 is 6.03 Å². The molecule has 3 rings (SSSR count). The zero-order chi connectivity index (χ0) is 16.1. The van der Waals surface area contributed by atoms with Crippen molar-refractivity contribution >= 4 is 29.0 Å². The summed E-state index contributed by atoms with van der Waals surface area (Å²) in [6.45, 7) is 1.52. The maximum absolute atomic E-state index is 12.0. The van der Waals surface area contributed by atoms with Gasteiger partial charge < -0.3 is 15.4 Å². The number of ether oxygens (including phenoxy) is 1. The van der Waals surface area contributed by atoms with E-state index in [1.165, 1.54) is 6.42 Å². The minimum atomic E-state index is -0.355. The lowest BCUT2D eigenvalue weighted by molar-refractivity contribution is 0.00401. The fraction of sp³-hybridized carbons (Fsp3) is 0.375. The van der Waals surface area contributed by atoms with Gasteiger partial charge in [0.25, 0.3) is 0 Å². The van der Waals surface area contributed by atoms with Crippen molar-refractivity contribution in [1.29, 1.82) is 0 Å². The number of carbonyl (C=O) groups excluding carboxylic acids is 1. The van der Waals surface area contributed by atoms with Crippen LogP contribution in [0, 0.1) is 0 Å². The molecule has 2 aromatic rings. The van der Waals surface area contributed by atoms with Crippen molar-refractivity contribution < 1.29 is 9.53 Å². The standard InChI is InChI=1S/C16H19ClN4O2/c17-14-6-1-2-7-15(14)20-16(22)19-12-9-18-21(10-12)11-13-5-3-4-8-23-13/h1-2,6-7,9-10,13H,3-5,8,11H2,(H2,19,20,22)/t13-/m0/s1. The number of para-hydroxylation sites is 1. The smallest absolute Gasteiger partial charge is 0.323 e. The Labute approximate surface area is 139 Å². The molecular formula is C16H19ClN4O2. The molecule has 1 aliphatic rings. The number of benzene rings is 1. The molecule has 0 radical (unpaired) electrons. The van der Waals surface area contributed by atoms with E-state index in [1.54, 1.807) is 29.2 Å². The molecule has 23 heavy (non-hydrogen) atoms. The second-order valence-electron chi connectivity index (χ2n) is 5.50. The van der Waals surface area contributed by atoms with Gasteiger partial charge in [-0.05, 0) is 31.4 Å². The largest absolute Gasteiger partial charge is 0.376 e. The zero-order valence-corrected chi connectivity index (χ0v) is 13.4. The number of hydrogen-bond acceptors (Lipinski definition) is 3. The van der Waals surface area contributed by atoms with Crippen LogP contribution in [0.5, 0.6) is 0 Å². The van der Waals surface area contributed by atoms with E-state index < -0.39 is 0 Å². The van der Waals surface area contributed by atoms with Gasteiger partial charge in [0.15, 0.2) is 0 Å². The highest BCUT2D eigenvalue weighted by Gasteiger charge is 2.15. The van der Waals surface area contributed by atoms with Crippen LogP contribution in [-0.4, -0.2) is 28.5 Å². The number of rotatable bonds is 4. The van der Waals surface area contributed by atoms with Crippen molar-refractivity contribution in [2.24, 2.45) is 0 Å². The Kier molecular flexibility index (Phi) is 5.15. The minimum absolute atomic E-state index is 0.202. The molecule has 1 saturated heterocycles. The number of anilines is 2. The number of amides is 2. The third-order valence-electron chi connectivity index (χ3n) is 3.68. The minimum Gasteiger partial charge on any atom is -0.376 e. The van der Waals surface area contributed by atoms with Gasteiger partial charge in [-0.2, -0.15) is 5.10 Å². The van der Waals surface area contributed by atoms with Gasteiger partial charge in [0.1, 0.15) is 0 Å². The van der Waals surface area contributed by atoms with Crippen LogP contribution in [0.3, 0.4) is 0 Å². The van der Waals surface area contributed by atoms with E-state index in [-0.39, 0.29) is 12.1 Å². The molecule has 0 spiro atoms. The summed E-state index contributed by atoms with van der Waals surface area (Å²) < 4.78 is 7.48. The van der Waals surface area contributed by atoms with Crippen molar-refractivity contribution in [3.63, 3.8) is 0 Å². The number of aromatic nitrogens is 2. The molecule has 1 fully saturated rings. The average molecular weight is 335 g/mol. The lowest BCUT2D eigenvalue weighted by Crippen LogP contribution is -2.24. The first kappa shape index (κ1) is 15.8. The highest BCUT2D eigenvalue weighted by Crippen LogP contribution is 2.20. The molecular weight excluding hydrogens is 316 g/mol. The number of nitrogens with one attached hydrogen (secondary N) is 2. The quantitative estimate of drug-likeness (QED) is 0.894. The van der Waals surface area contributed by atoms with Crippen LogP contribution in [0.25, 0.3) is 0 Å². The summed E-state index contributed by atoms with van der Waals surface area (Å²) in [5, 5.41) is 10.2. The molecule has 6 nitrogen and oxygen atoms in total. The van der Waals surface area contributed by atoms with Crippen molar-refractivity contribution in [3.05, 3.63) is 41.7 Å². The first-order valence-corrected chi connectivity index (χ1v) is 8.05. The van der Waals surface area contributed by atoms with E-state index in [2.05, 4.69) is 15.7 Å². The molecule has 1 aromatic carbocycles. The van der Waals surface area contributed by atoms with Crippen molar-refractivity contribution in [3.8, 4) is 0 Å². The number of urea groups is 1. The lowest BCUT2D eigenvalue weighted by atomic mass is 10.1. The molecule has 1 aromatic heterocycles. The van der Waals surface area contributed by atoms with E-state index in [9.17, 15) is 4.79 Å². The summed E-state index contributed by atoms with van der Waals surface area (Å²) in [6, 6.07) is 6.73. The lowest BCUT2D eigenvalue weighted by Gasteiger charge is -2.22. The molecule has 0 aliphatic carbocycles. The number of carbonyl (C=O) groups is 1. The predicted octanol–water partition coefficient (Wildman–Crippen LogP) is 3.75. The first-order chi connectivity index (χ1) is 11.2. The molecule has 1 atom stereocenters. The fourth-order valence-electron chi connectivity index (χ4n) is 2.54. The van der Waals surface area contributed by atoms with Crippen LogP contribution in [-0.2, 0) is 11.3 Å². The predicted molar refractivity (Wildman–Crippen MR) is 89.9 cm³/mol. The summed E-state index contributed by atoms with van der Waals surface area (Å²) >= 11 is 6.01. The number of halogens is 1. The van der Waals surface area contributed by atoms with Gasteiger partial charge in [-0.1, -0.05) is 23.7 Å². The summed E-state index contributed by atoms with van der Waals surface area (Å²) in [6.07, 6.45) is 6.99. The monoisotopic (exact) mass is 334 g/mol. The van der Waals surface area contributed by atoms with Crippen molar-refractivity contribution in [1.82, 2.24) is 9.78 Å². The van der Waals surface area contributed by atoms with Crippen molar-refractivity contribution in [2.45, 2.75) is 31.9 Å². The highest BCUT2D eigenvalue weighted by molar-refractivity contribution is 6.33. The van der Waals surface area contributed by atoms with E-state index in [0.29, 0.717) is 22.9 Å². The Morgan fingerprint density at radius 2 is 2.22 bits per heavy atom. The second kappa shape index (κ2) is 7.48. The maximum atomic E-state index is 12.0. The van der Waals surface area contributed by atoms with E-state index in [4.69, 9.17) is 16.3 Å². The molecule has 0 unspecified atom stereocenters. The van der Waals surface area contributed by atoms with Crippen LogP contribution in [0.2, 0.25) is 5.02 Å². The second-order valence-corrected chi connectivity index (χ2v) is 5.91. The molecule has 0 bridgehead atoms. The van der Waals surface area contributed by atoms with Crippen LogP contribution in [0.1, 0.15) is 19.3 Å². The Hall–Kier alpha value is -2.05. The van der Waals surface area contributed by atoms with Gasteiger partial charge in [0.2, 0.25) is 0 Å². The van der Waals surface area contributed by atoms with Gasteiger partial charge in [-0.25, -0.2) is 4.79 Å². The summed E-state index contributed by atoms with van der Waals surface area (Å²) in [7, 11) is 0. The van der Waals surface area contributed by atoms with Crippen molar-refractivity contribution in [2.75, 3.05) is 17.2 Å². The van der Waals surface area contributed by atoms with Gasteiger partial charge in [0, 0.05) is 12.8 Å².